The first-order valence-electron chi connectivity index (χ1n) is 3.63. The van der Waals surface area contributed by atoms with Gasteiger partial charge in [-0.2, -0.15) is 12.6 Å². The van der Waals surface area contributed by atoms with Gasteiger partial charge in [0.15, 0.2) is 0 Å². The number of amides is 1. The fraction of sp³-hybridized carbons (Fsp3) is 0.714. The molecule has 0 aliphatic heterocycles. The van der Waals surface area contributed by atoms with E-state index in [2.05, 4.69) is 17.9 Å². The van der Waals surface area contributed by atoms with Crippen molar-refractivity contribution in [2.24, 2.45) is 5.92 Å². The first kappa shape index (κ1) is 11.3. The van der Waals surface area contributed by atoms with E-state index in [0.29, 0.717) is 5.75 Å². The predicted octanol–water partition coefficient (Wildman–Crippen LogP) is 0.142. The first-order chi connectivity index (χ1) is 5.49. The van der Waals surface area contributed by atoms with E-state index in [1.807, 2.05) is 0 Å². The van der Waals surface area contributed by atoms with Gasteiger partial charge in [0.05, 0.1) is 0 Å². The molecule has 4 nitrogen and oxygen atoms in total. The monoisotopic (exact) mass is 191 g/mol. The summed E-state index contributed by atoms with van der Waals surface area (Å²) in [6.45, 7) is 3.11. The van der Waals surface area contributed by atoms with Gasteiger partial charge in [0, 0.05) is 11.7 Å². The molecule has 1 amide bonds. The summed E-state index contributed by atoms with van der Waals surface area (Å²) in [4.78, 5) is 21.4. The van der Waals surface area contributed by atoms with Gasteiger partial charge in [-0.25, -0.2) is 0 Å². The van der Waals surface area contributed by atoms with E-state index < -0.39 is 12.0 Å². The number of thiol groups is 1. The van der Waals surface area contributed by atoms with Crippen LogP contribution in [0.5, 0.6) is 0 Å². The lowest BCUT2D eigenvalue weighted by Crippen LogP contribution is -2.41. The van der Waals surface area contributed by atoms with Crippen molar-refractivity contribution in [2.75, 3.05) is 5.75 Å². The minimum Gasteiger partial charge on any atom is -0.480 e. The van der Waals surface area contributed by atoms with Crippen LogP contribution in [0.1, 0.15) is 13.8 Å². The molecule has 0 heterocycles. The van der Waals surface area contributed by atoms with Gasteiger partial charge in [-0.15, -0.1) is 0 Å². The van der Waals surface area contributed by atoms with Crippen molar-refractivity contribution in [3.63, 3.8) is 0 Å². The molecule has 0 aliphatic rings. The number of hydrogen-bond donors (Lipinski definition) is 3. The van der Waals surface area contributed by atoms with E-state index in [9.17, 15) is 9.59 Å². The average molecular weight is 191 g/mol. The maximum absolute atomic E-state index is 11.1. The van der Waals surface area contributed by atoms with Crippen molar-refractivity contribution in [2.45, 2.75) is 19.9 Å². The third-order valence-corrected chi connectivity index (χ3v) is 2.00. The zero-order chi connectivity index (χ0) is 9.72. The Kier molecular flexibility index (Phi) is 4.73. The summed E-state index contributed by atoms with van der Waals surface area (Å²) in [7, 11) is 0. The molecule has 0 unspecified atom stereocenters. The molecule has 0 aliphatic carbocycles. The number of carboxylic acid groups (broad SMARTS) is 1. The second kappa shape index (κ2) is 5.03. The third-order valence-electron chi connectivity index (χ3n) is 1.45. The summed E-state index contributed by atoms with van der Waals surface area (Å²) in [5, 5.41) is 10.8. The zero-order valence-corrected chi connectivity index (χ0v) is 7.97. The van der Waals surface area contributed by atoms with Gasteiger partial charge >= 0.3 is 5.97 Å². The molecule has 2 N–H and O–H groups in total. The molecular weight excluding hydrogens is 178 g/mol. The summed E-state index contributed by atoms with van der Waals surface area (Å²) >= 11 is 3.92. The smallest absolute Gasteiger partial charge is 0.325 e. The normalized spacial score (nSPS) is 14.9. The highest BCUT2D eigenvalue weighted by atomic mass is 32.1. The highest BCUT2D eigenvalue weighted by Crippen LogP contribution is 1.97. The van der Waals surface area contributed by atoms with Crippen LogP contribution in [0.25, 0.3) is 0 Å². The molecule has 0 saturated carbocycles. The zero-order valence-electron chi connectivity index (χ0n) is 7.07. The molecule has 70 valence electrons. The van der Waals surface area contributed by atoms with Crippen molar-refractivity contribution < 1.29 is 14.7 Å². The SMILES string of the molecule is C[C@H](CS)C(=O)N[C@@H](C)C(=O)O. The molecular formula is C7H13NO3S. The molecule has 0 fully saturated rings. The fourth-order valence-corrected chi connectivity index (χ4v) is 0.666. The van der Waals surface area contributed by atoms with Crippen LogP contribution in [0, 0.1) is 5.92 Å². The summed E-state index contributed by atoms with van der Waals surface area (Å²) < 4.78 is 0. The van der Waals surface area contributed by atoms with Crippen LogP contribution in [0.2, 0.25) is 0 Å². The Labute approximate surface area is 76.8 Å². The van der Waals surface area contributed by atoms with Crippen molar-refractivity contribution in [1.29, 1.82) is 0 Å². The molecule has 0 bridgehead atoms. The van der Waals surface area contributed by atoms with Crippen LogP contribution in [-0.2, 0) is 9.59 Å². The largest absolute Gasteiger partial charge is 0.480 e. The maximum atomic E-state index is 11.1. The molecule has 0 aromatic heterocycles. The molecule has 0 aromatic carbocycles. The second-order valence-electron chi connectivity index (χ2n) is 2.65. The highest BCUT2D eigenvalue weighted by molar-refractivity contribution is 7.80. The Hall–Kier alpha value is -0.710. The topological polar surface area (TPSA) is 66.4 Å². The molecule has 5 heteroatoms. The van der Waals surface area contributed by atoms with Gasteiger partial charge in [-0.3, -0.25) is 9.59 Å². The number of hydrogen-bond acceptors (Lipinski definition) is 3. The van der Waals surface area contributed by atoms with Crippen molar-refractivity contribution >= 4 is 24.5 Å². The van der Waals surface area contributed by atoms with Crippen molar-refractivity contribution in [3.8, 4) is 0 Å². The predicted molar refractivity (Wildman–Crippen MR) is 48.3 cm³/mol. The van der Waals surface area contributed by atoms with Crippen molar-refractivity contribution in [1.82, 2.24) is 5.32 Å². The average Bonchev–Trinajstić information content (AvgIpc) is 2.02. The van der Waals surface area contributed by atoms with Gasteiger partial charge < -0.3 is 10.4 Å². The number of rotatable bonds is 4. The van der Waals surface area contributed by atoms with E-state index in [1.54, 1.807) is 6.92 Å². The number of aliphatic carboxylic acids is 1. The molecule has 0 aromatic rings. The minimum absolute atomic E-state index is 0.255. The third kappa shape index (κ3) is 3.61. The number of carbonyl (C=O) groups is 2. The van der Waals surface area contributed by atoms with Gasteiger partial charge in [0.25, 0.3) is 0 Å². The standard InChI is InChI=1S/C7H13NO3S/c1-4(3-12)6(9)8-5(2)7(10)11/h4-5,12H,3H2,1-2H3,(H,8,9)(H,10,11)/t4-,5+/m1/s1. The van der Waals surface area contributed by atoms with E-state index >= 15 is 0 Å². The lowest BCUT2D eigenvalue weighted by Gasteiger charge is -2.12. The van der Waals surface area contributed by atoms with Crippen LogP contribution >= 0.6 is 12.6 Å². The van der Waals surface area contributed by atoms with Crippen LogP contribution in [0.4, 0.5) is 0 Å². The Morgan fingerprint density at radius 1 is 1.50 bits per heavy atom. The molecule has 0 rings (SSSR count). The Morgan fingerprint density at radius 2 is 2.00 bits per heavy atom. The van der Waals surface area contributed by atoms with E-state index in [-0.39, 0.29) is 11.8 Å². The lowest BCUT2D eigenvalue weighted by atomic mass is 10.2. The molecule has 0 saturated heterocycles. The van der Waals surface area contributed by atoms with Gasteiger partial charge in [-0.1, -0.05) is 6.92 Å². The lowest BCUT2D eigenvalue weighted by molar-refractivity contribution is -0.141. The highest BCUT2D eigenvalue weighted by Gasteiger charge is 2.17. The van der Waals surface area contributed by atoms with Gasteiger partial charge in [0.2, 0.25) is 5.91 Å². The van der Waals surface area contributed by atoms with E-state index in [1.165, 1.54) is 6.92 Å². The maximum Gasteiger partial charge on any atom is 0.325 e. The van der Waals surface area contributed by atoms with Gasteiger partial charge in [0.1, 0.15) is 6.04 Å². The molecule has 12 heavy (non-hydrogen) atoms. The number of carboxylic acids is 1. The second-order valence-corrected chi connectivity index (χ2v) is 3.02. The molecule has 0 spiro atoms. The van der Waals surface area contributed by atoms with E-state index in [0.717, 1.165) is 0 Å². The van der Waals surface area contributed by atoms with Crippen molar-refractivity contribution in [3.05, 3.63) is 0 Å². The molecule has 2 atom stereocenters. The fourth-order valence-electron chi connectivity index (χ4n) is 0.500. The van der Waals surface area contributed by atoms with Crippen LogP contribution < -0.4 is 5.32 Å². The van der Waals surface area contributed by atoms with Gasteiger partial charge in [-0.05, 0) is 6.92 Å². The Balaban J connectivity index is 3.92. The summed E-state index contributed by atoms with van der Waals surface area (Å²) in [5.41, 5.74) is 0. The first-order valence-corrected chi connectivity index (χ1v) is 4.26. The summed E-state index contributed by atoms with van der Waals surface area (Å²) in [6, 6.07) is -0.833. The minimum atomic E-state index is -1.03. The number of nitrogens with one attached hydrogen (secondary N) is 1. The van der Waals surface area contributed by atoms with Crippen LogP contribution in [0.15, 0.2) is 0 Å². The molecule has 0 radical (unpaired) electrons. The Morgan fingerprint density at radius 3 is 2.33 bits per heavy atom. The summed E-state index contributed by atoms with van der Waals surface area (Å²) in [5.74, 6) is -1.15. The Bertz CT molecular complexity index is 183. The van der Waals surface area contributed by atoms with Crippen LogP contribution in [0.3, 0.4) is 0 Å². The number of carbonyl (C=O) groups excluding carboxylic acids is 1. The van der Waals surface area contributed by atoms with Crippen LogP contribution in [-0.4, -0.2) is 28.8 Å². The van der Waals surface area contributed by atoms with E-state index in [4.69, 9.17) is 5.11 Å². The quantitative estimate of drug-likeness (QED) is 0.554. The summed E-state index contributed by atoms with van der Waals surface area (Å²) in [6.07, 6.45) is 0.